The first-order chi connectivity index (χ1) is 13.9. The van der Waals surface area contributed by atoms with E-state index < -0.39 is 5.41 Å². The highest BCUT2D eigenvalue weighted by Crippen LogP contribution is 2.37. The van der Waals surface area contributed by atoms with Gasteiger partial charge in [0.1, 0.15) is 12.2 Å². The quantitative estimate of drug-likeness (QED) is 0.624. The highest BCUT2D eigenvalue weighted by Gasteiger charge is 2.50. The van der Waals surface area contributed by atoms with Crippen molar-refractivity contribution in [2.24, 2.45) is 12.5 Å². The number of halogens is 1. The van der Waals surface area contributed by atoms with Crippen LogP contribution in [0.5, 0.6) is 0 Å². The van der Waals surface area contributed by atoms with E-state index in [-0.39, 0.29) is 5.91 Å². The van der Waals surface area contributed by atoms with E-state index in [1.54, 1.807) is 11.6 Å². The lowest BCUT2D eigenvalue weighted by Gasteiger charge is -2.48. The SMILES string of the molecule is Cc1nc(N2CC(Cc3ccc(Cl)cc3)(C(=O)NCCc3ncnn3C)C2)no1. The van der Waals surface area contributed by atoms with Crippen LogP contribution in [0.4, 0.5) is 5.95 Å². The molecule has 3 heterocycles. The number of hydrogen-bond donors (Lipinski definition) is 1. The average Bonchev–Trinajstić information content (AvgIpc) is 3.27. The van der Waals surface area contributed by atoms with Gasteiger partial charge >= 0.3 is 0 Å². The lowest BCUT2D eigenvalue weighted by molar-refractivity contribution is -0.132. The maximum atomic E-state index is 13.1. The van der Waals surface area contributed by atoms with Gasteiger partial charge in [-0.05, 0) is 29.3 Å². The summed E-state index contributed by atoms with van der Waals surface area (Å²) in [6.45, 7) is 3.28. The van der Waals surface area contributed by atoms with Gasteiger partial charge in [-0.2, -0.15) is 10.1 Å². The molecule has 9 nitrogen and oxygen atoms in total. The van der Waals surface area contributed by atoms with Crippen molar-refractivity contribution in [3.05, 3.63) is 52.9 Å². The molecule has 0 saturated carbocycles. The van der Waals surface area contributed by atoms with Crippen molar-refractivity contribution < 1.29 is 9.32 Å². The highest BCUT2D eigenvalue weighted by molar-refractivity contribution is 6.30. The predicted octanol–water partition coefficient (Wildman–Crippen LogP) is 1.57. The van der Waals surface area contributed by atoms with Gasteiger partial charge in [0, 0.05) is 45.0 Å². The van der Waals surface area contributed by atoms with Crippen LogP contribution in [0.25, 0.3) is 0 Å². The van der Waals surface area contributed by atoms with Crippen molar-refractivity contribution >= 4 is 23.5 Å². The Balaban J connectivity index is 1.45. The van der Waals surface area contributed by atoms with E-state index >= 15 is 0 Å². The van der Waals surface area contributed by atoms with E-state index in [1.807, 2.05) is 36.2 Å². The molecule has 1 fully saturated rings. The standard InChI is InChI=1S/C19H22ClN7O2/c1-13-24-18(25-29-13)27-10-19(11-27,9-14-3-5-15(20)6-4-14)17(28)21-8-7-16-22-12-23-26(16)2/h3-6,12H,7-11H2,1-2H3,(H,21,28). The van der Waals surface area contributed by atoms with Crippen LogP contribution in [-0.4, -0.2) is 50.4 Å². The van der Waals surface area contributed by atoms with Crippen LogP contribution >= 0.6 is 11.6 Å². The lowest BCUT2D eigenvalue weighted by Crippen LogP contribution is -2.65. The Morgan fingerprint density at radius 2 is 2.07 bits per heavy atom. The van der Waals surface area contributed by atoms with Crippen LogP contribution in [0.3, 0.4) is 0 Å². The molecule has 0 atom stereocenters. The second-order valence-corrected chi connectivity index (χ2v) is 7.80. The molecule has 2 aromatic heterocycles. The van der Waals surface area contributed by atoms with E-state index in [4.69, 9.17) is 16.1 Å². The van der Waals surface area contributed by atoms with Crippen molar-refractivity contribution in [3.8, 4) is 0 Å². The number of nitrogens with one attached hydrogen (secondary N) is 1. The third-order valence-corrected chi connectivity index (χ3v) is 5.42. The van der Waals surface area contributed by atoms with Gasteiger partial charge in [0.15, 0.2) is 0 Å². The number of aromatic nitrogens is 5. The summed E-state index contributed by atoms with van der Waals surface area (Å²) in [4.78, 5) is 23.6. The summed E-state index contributed by atoms with van der Waals surface area (Å²) in [6.07, 6.45) is 2.73. The van der Waals surface area contributed by atoms with Crippen molar-refractivity contribution in [1.82, 2.24) is 30.2 Å². The molecule has 10 heteroatoms. The Labute approximate surface area is 173 Å². The van der Waals surface area contributed by atoms with Gasteiger partial charge in [-0.1, -0.05) is 23.7 Å². The molecule has 3 aromatic rings. The molecule has 0 aliphatic carbocycles. The zero-order chi connectivity index (χ0) is 20.4. The van der Waals surface area contributed by atoms with Crippen molar-refractivity contribution in [1.29, 1.82) is 0 Å². The minimum atomic E-state index is -0.567. The molecular formula is C19H22ClN7O2. The number of amides is 1. The van der Waals surface area contributed by atoms with Crippen LogP contribution in [0, 0.1) is 12.3 Å². The minimum Gasteiger partial charge on any atom is -0.355 e. The fourth-order valence-corrected chi connectivity index (χ4v) is 3.72. The lowest BCUT2D eigenvalue weighted by atomic mass is 9.74. The first-order valence-corrected chi connectivity index (χ1v) is 9.74. The van der Waals surface area contributed by atoms with Crippen LogP contribution in [-0.2, 0) is 24.7 Å². The van der Waals surface area contributed by atoms with Gasteiger partial charge in [-0.25, -0.2) is 4.98 Å². The molecular weight excluding hydrogens is 394 g/mol. The fourth-order valence-electron chi connectivity index (χ4n) is 3.59. The Morgan fingerprint density at radius 1 is 1.31 bits per heavy atom. The molecule has 4 rings (SSSR count). The summed E-state index contributed by atoms with van der Waals surface area (Å²) in [6, 6.07) is 7.60. The Kier molecular flexibility index (Phi) is 5.23. The molecule has 0 radical (unpaired) electrons. The number of rotatable bonds is 7. The Morgan fingerprint density at radius 3 is 2.69 bits per heavy atom. The number of nitrogens with zero attached hydrogens (tertiary/aromatic N) is 6. The third-order valence-electron chi connectivity index (χ3n) is 5.16. The number of benzene rings is 1. The van der Waals surface area contributed by atoms with Gasteiger partial charge in [-0.15, -0.1) is 0 Å². The first-order valence-electron chi connectivity index (χ1n) is 9.36. The summed E-state index contributed by atoms with van der Waals surface area (Å²) < 4.78 is 6.77. The monoisotopic (exact) mass is 415 g/mol. The Bertz CT molecular complexity index is 992. The van der Waals surface area contributed by atoms with Gasteiger partial charge in [0.25, 0.3) is 5.95 Å². The zero-order valence-corrected chi connectivity index (χ0v) is 17.1. The van der Waals surface area contributed by atoms with Crippen LogP contribution in [0.15, 0.2) is 35.1 Å². The summed E-state index contributed by atoms with van der Waals surface area (Å²) in [5, 5.41) is 11.7. The third kappa shape index (κ3) is 4.09. The highest BCUT2D eigenvalue weighted by atomic mass is 35.5. The molecule has 0 spiro atoms. The van der Waals surface area contributed by atoms with E-state index in [2.05, 4.69) is 25.5 Å². The molecule has 1 aliphatic heterocycles. The Hall–Kier alpha value is -2.94. The summed E-state index contributed by atoms with van der Waals surface area (Å²) in [7, 11) is 1.84. The van der Waals surface area contributed by atoms with Crippen LogP contribution < -0.4 is 10.2 Å². The summed E-state index contributed by atoms with van der Waals surface area (Å²) >= 11 is 6.00. The van der Waals surface area contributed by atoms with E-state index in [1.165, 1.54) is 6.33 Å². The van der Waals surface area contributed by atoms with Gasteiger partial charge < -0.3 is 14.7 Å². The molecule has 29 heavy (non-hydrogen) atoms. The van der Waals surface area contributed by atoms with E-state index in [9.17, 15) is 4.79 Å². The smallest absolute Gasteiger partial charge is 0.266 e. The second-order valence-electron chi connectivity index (χ2n) is 7.36. The predicted molar refractivity (Wildman–Crippen MR) is 107 cm³/mol. The fraction of sp³-hybridized carbons (Fsp3) is 0.421. The molecule has 1 saturated heterocycles. The van der Waals surface area contributed by atoms with Crippen LogP contribution in [0.2, 0.25) is 5.02 Å². The number of anilines is 1. The van der Waals surface area contributed by atoms with Gasteiger partial charge in [0.05, 0.1) is 5.41 Å². The zero-order valence-electron chi connectivity index (χ0n) is 16.3. The van der Waals surface area contributed by atoms with Crippen molar-refractivity contribution in [2.75, 3.05) is 24.5 Å². The van der Waals surface area contributed by atoms with Gasteiger partial charge in [0.2, 0.25) is 11.8 Å². The van der Waals surface area contributed by atoms with Gasteiger partial charge in [-0.3, -0.25) is 9.48 Å². The van der Waals surface area contributed by atoms with E-state index in [0.29, 0.717) is 49.3 Å². The molecule has 1 aliphatic rings. The summed E-state index contributed by atoms with van der Waals surface area (Å²) in [5.74, 6) is 1.85. The topological polar surface area (TPSA) is 102 Å². The molecule has 0 bridgehead atoms. The van der Waals surface area contributed by atoms with Crippen LogP contribution in [0.1, 0.15) is 17.3 Å². The molecule has 1 amide bonds. The number of carbonyl (C=O) groups is 1. The summed E-state index contributed by atoms with van der Waals surface area (Å²) in [5.41, 5.74) is 0.490. The molecule has 1 aromatic carbocycles. The molecule has 152 valence electrons. The normalized spacial score (nSPS) is 15.2. The number of aryl methyl sites for hydroxylation is 2. The second kappa shape index (κ2) is 7.82. The maximum absolute atomic E-state index is 13.1. The van der Waals surface area contributed by atoms with Crippen molar-refractivity contribution in [2.45, 2.75) is 19.8 Å². The molecule has 1 N–H and O–H groups in total. The largest absolute Gasteiger partial charge is 0.355 e. The van der Waals surface area contributed by atoms with Crippen molar-refractivity contribution in [3.63, 3.8) is 0 Å². The maximum Gasteiger partial charge on any atom is 0.266 e. The van der Waals surface area contributed by atoms with E-state index in [0.717, 1.165) is 11.4 Å². The first kappa shape index (κ1) is 19.4. The molecule has 0 unspecified atom stereocenters. The number of hydrogen-bond acceptors (Lipinski definition) is 7. The number of carbonyl (C=O) groups excluding carboxylic acids is 1. The minimum absolute atomic E-state index is 0.00563. The average molecular weight is 416 g/mol.